The maximum atomic E-state index is 13.4. The van der Waals surface area contributed by atoms with Gasteiger partial charge in [0.15, 0.2) is 10.8 Å². The first-order valence-electron chi connectivity index (χ1n) is 8.69. The summed E-state index contributed by atoms with van der Waals surface area (Å²) < 4.78 is 1.85. The highest BCUT2D eigenvalue weighted by atomic mass is 32.1. The number of thiazole rings is 1. The van der Waals surface area contributed by atoms with Crippen molar-refractivity contribution in [2.24, 2.45) is 0 Å². The van der Waals surface area contributed by atoms with Gasteiger partial charge in [0.2, 0.25) is 0 Å². The molecule has 0 spiro atoms. The van der Waals surface area contributed by atoms with Gasteiger partial charge in [-0.15, -0.1) is 11.3 Å². The average molecular weight is 377 g/mol. The summed E-state index contributed by atoms with van der Waals surface area (Å²) in [6.07, 6.45) is 3.36. The number of rotatable bonds is 4. The van der Waals surface area contributed by atoms with E-state index in [4.69, 9.17) is 0 Å². The summed E-state index contributed by atoms with van der Waals surface area (Å²) in [6, 6.07) is 11.6. The number of pyridine rings is 1. The van der Waals surface area contributed by atoms with Gasteiger partial charge in [-0.25, -0.2) is 14.6 Å². The molecule has 27 heavy (non-hydrogen) atoms. The lowest BCUT2D eigenvalue weighted by atomic mass is 10.2. The predicted molar refractivity (Wildman–Crippen MR) is 108 cm³/mol. The Morgan fingerprint density at radius 3 is 2.63 bits per heavy atom. The summed E-state index contributed by atoms with van der Waals surface area (Å²) in [6.45, 7) is 6.02. The van der Waals surface area contributed by atoms with E-state index in [0.717, 1.165) is 22.4 Å². The van der Waals surface area contributed by atoms with Crippen molar-refractivity contribution in [1.82, 2.24) is 19.7 Å². The van der Waals surface area contributed by atoms with Crippen LogP contribution in [0.1, 0.15) is 35.9 Å². The smallest absolute Gasteiger partial charge is 0.266 e. The van der Waals surface area contributed by atoms with E-state index in [1.807, 2.05) is 53.4 Å². The maximum absolute atomic E-state index is 13.4. The zero-order chi connectivity index (χ0) is 19.0. The minimum absolute atomic E-state index is 0.165. The number of carbonyl (C=O) groups excluding carboxylic acids is 1. The molecule has 3 heterocycles. The quantitative estimate of drug-likeness (QED) is 0.514. The Morgan fingerprint density at radius 1 is 1.19 bits per heavy atom. The molecule has 0 aliphatic carbocycles. The Kier molecular flexibility index (Phi) is 4.45. The second kappa shape index (κ2) is 6.92. The van der Waals surface area contributed by atoms with Crippen LogP contribution in [0.4, 0.5) is 10.8 Å². The first kappa shape index (κ1) is 17.4. The molecule has 4 aromatic rings. The number of amides is 1. The van der Waals surface area contributed by atoms with Gasteiger partial charge in [0.05, 0.1) is 23.1 Å². The zero-order valence-corrected chi connectivity index (χ0v) is 16.1. The molecular formula is C20H19N5OS. The molecule has 0 fully saturated rings. The third-order valence-corrected chi connectivity index (χ3v) is 5.13. The fourth-order valence-corrected chi connectivity index (χ4v) is 3.72. The molecule has 1 aromatic carbocycles. The van der Waals surface area contributed by atoms with Crippen molar-refractivity contribution in [3.8, 4) is 0 Å². The topological polar surface area (TPSA) is 63.9 Å². The van der Waals surface area contributed by atoms with Crippen LogP contribution < -0.4 is 4.90 Å². The number of benzene rings is 1. The second-order valence-corrected chi connectivity index (χ2v) is 7.40. The zero-order valence-electron chi connectivity index (χ0n) is 15.3. The molecule has 136 valence electrons. The van der Waals surface area contributed by atoms with Crippen LogP contribution in [0.3, 0.4) is 0 Å². The van der Waals surface area contributed by atoms with E-state index in [-0.39, 0.29) is 11.9 Å². The monoisotopic (exact) mass is 377 g/mol. The van der Waals surface area contributed by atoms with Crippen LogP contribution in [-0.4, -0.2) is 25.7 Å². The molecule has 0 saturated carbocycles. The van der Waals surface area contributed by atoms with Crippen LogP contribution in [0.5, 0.6) is 0 Å². The minimum atomic E-state index is -0.165. The molecule has 3 aromatic heterocycles. The lowest BCUT2D eigenvalue weighted by Gasteiger charge is -2.20. The largest absolute Gasteiger partial charge is 0.268 e. The number of para-hydroxylation sites is 1. The number of carbonyl (C=O) groups is 1. The Hall–Kier alpha value is -3.06. The number of anilines is 2. The van der Waals surface area contributed by atoms with Crippen LogP contribution in [-0.2, 0) is 0 Å². The summed E-state index contributed by atoms with van der Waals surface area (Å²) in [5.74, 6) is -0.165. The number of aromatic nitrogens is 4. The molecule has 0 bridgehead atoms. The van der Waals surface area contributed by atoms with Crippen LogP contribution in [0.25, 0.3) is 11.0 Å². The number of nitrogens with zero attached hydrogens (tertiary/aromatic N) is 5. The highest BCUT2D eigenvalue weighted by Crippen LogP contribution is 2.30. The SMILES string of the molecule is Cc1csc(N(C(=O)c2cnc3c(cnn3C(C)C)c2)c2ccccc2)n1. The molecule has 0 atom stereocenters. The predicted octanol–water partition coefficient (Wildman–Crippen LogP) is 4.76. The Balaban J connectivity index is 1.79. The van der Waals surface area contributed by atoms with E-state index in [1.165, 1.54) is 11.3 Å². The van der Waals surface area contributed by atoms with Gasteiger partial charge in [0, 0.05) is 23.0 Å². The molecule has 0 aliphatic heterocycles. The van der Waals surface area contributed by atoms with E-state index in [0.29, 0.717) is 10.7 Å². The van der Waals surface area contributed by atoms with Crippen molar-refractivity contribution in [1.29, 1.82) is 0 Å². The van der Waals surface area contributed by atoms with Crippen molar-refractivity contribution in [2.75, 3.05) is 4.90 Å². The van der Waals surface area contributed by atoms with Gasteiger partial charge in [-0.1, -0.05) is 18.2 Å². The molecule has 0 unspecified atom stereocenters. The highest BCUT2D eigenvalue weighted by molar-refractivity contribution is 7.14. The summed E-state index contributed by atoms with van der Waals surface area (Å²) in [4.78, 5) is 24.0. The van der Waals surface area contributed by atoms with Gasteiger partial charge in [-0.05, 0) is 39.0 Å². The second-order valence-electron chi connectivity index (χ2n) is 6.57. The minimum Gasteiger partial charge on any atom is -0.268 e. The van der Waals surface area contributed by atoms with Crippen molar-refractivity contribution in [3.05, 3.63) is 65.4 Å². The van der Waals surface area contributed by atoms with Gasteiger partial charge in [-0.3, -0.25) is 9.69 Å². The normalized spacial score (nSPS) is 11.3. The number of hydrogen-bond acceptors (Lipinski definition) is 5. The standard InChI is InChI=1S/C20H19N5OS/c1-13(2)25-18-15(11-22-25)9-16(10-21-18)19(26)24(17-7-5-4-6-8-17)20-23-14(3)12-27-20/h4-13H,1-3H3. The first-order chi connectivity index (χ1) is 13.0. The molecule has 6 nitrogen and oxygen atoms in total. The molecule has 0 aliphatic rings. The number of fused-ring (bicyclic) bond motifs is 1. The van der Waals surface area contributed by atoms with E-state index < -0.39 is 0 Å². The van der Waals surface area contributed by atoms with Gasteiger partial charge in [0.1, 0.15) is 0 Å². The summed E-state index contributed by atoms with van der Waals surface area (Å²) >= 11 is 1.44. The first-order valence-corrected chi connectivity index (χ1v) is 9.57. The van der Waals surface area contributed by atoms with E-state index in [1.54, 1.807) is 17.3 Å². The maximum Gasteiger partial charge on any atom is 0.266 e. The summed E-state index contributed by atoms with van der Waals surface area (Å²) in [5.41, 5.74) is 2.94. The number of hydrogen-bond donors (Lipinski definition) is 0. The van der Waals surface area contributed by atoms with Crippen molar-refractivity contribution < 1.29 is 4.79 Å². The third kappa shape index (κ3) is 3.21. The lowest BCUT2D eigenvalue weighted by Crippen LogP contribution is -2.26. The summed E-state index contributed by atoms with van der Waals surface area (Å²) in [7, 11) is 0. The molecule has 7 heteroatoms. The fourth-order valence-electron chi connectivity index (χ4n) is 2.90. The van der Waals surface area contributed by atoms with Gasteiger partial charge in [-0.2, -0.15) is 5.10 Å². The van der Waals surface area contributed by atoms with Crippen molar-refractivity contribution in [2.45, 2.75) is 26.8 Å². The van der Waals surface area contributed by atoms with Gasteiger partial charge < -0.3 is 0 Å². The Labute approximate surface area is 161 Å². The van der Waals surface area contributed by atoms with Crippen LogP contribution >= 0.6 is 11.3 Å². The molecular weight excluding hydrogens is 358 g/mol. The fraction of sp³-hybridized carbons (Fsp3) is 0.200. The third-order valence-electron chi connectivity index (χ3n) is 4.19. The molecule has 0 N–H and O–H groups in total. The van der Waals surface area contributed by atoms with Crippen molar-refractivity contribution >= 4 is 39.1 Å². The van der Waals surface area contributed by atoms with Crippen LogP contribution in [0, 0.1) is 6.92 Å². The van der Waals surface area contributed by atoms with E-state index >= 15 is 0 Å². The van der Waals surface area contributed by atoms with Crippen molar-refractivity contribution in [3.63, 3.8) is 0 Å². The number of aryl methyl sites for hydroxylation is 1. The highest BCUT2D eigenvalue weighted by Gasteiger charge is 2.23. The molecule has 4 rings (SSSR count). The van der Waals surface area contributed by atoms with Crippen LogP contribution in [0.15, 0.2) is 54.2 Å². The molecule has 0 radical (unpaired) electrons. The van der Waals surface area contributed by atoms with E-state index in [9.17, 15) is 4.79 Å². The van der Waals surface area contributed by atoms with E-state index in [2.05, 4.69) is 28.9 Å². The lowest BCUT2D eigenvalue weighted by molar-refractivity contribution is 0.0999. The Bertz CT molecular complexity index is 1100. The average Bonchev–Trinajstić information content (AvgIpc) is 3.28. The van der Waals surface area contributed by atoms with Crippen LogP contribution in [0.2, 0.25) is 0 Å². The molecule has 1 amide bonds. The van der Waals surface area contributed by atoms with Gasteiger partial charge in [0.25, 0.3) is 5.91 Å². The van der Waals surface area contributed by atoms with Gasteiger partial charge >= 0.3 is 0 Å². The Morgan fingerprint density at radius 2 is 1.96 bits per heavy atom. The molecule has 0 saturated heterocycles. The summed E-state index contributed by atoms with van der Waals surface area (Å²) in [5, 5.41) is 7.80.